The molecule has 0 aromatic heterocycles. The third kappa shape index (κ3) is 4.43. The first-order chi connectivity index (χ1) is 10.3. The van der Waals surface area contributed by atoms with Gasteiger partial charge in [0.25, 0.3) is 0 Å². The highest BCUT2D eigenvalue weighted by molar-refractivity contribution is 4.89. The summed E-state index contributed by atoms with van der Waals surface area (Å²) in [7, 11) is 0. The molecule has 2 unspecified atom stereocenters. The van der Waals surface area contributed by atoms with E-state index in [0.29, 0.717) is 12.1 Å². The van der Waals surface area contributed by atoms with Crippen LogP contribution in [0.4, 0.5) is 0 Å². The number of nitrogens with one attached hydrogen (secondary N) is 1. The van der Waals surface area contributed by atoms with E-state index < -0.39 is 0 Å². The van der Waals surface area contributed by atoms with Crippen LogP contribution < -0.4 is 5.32 Å². The fraction of sp³-hybridized carbons (Fsp3) is 1.00. The third-order valence-corrected chi connectivity index (χ3v) is 5.98. The summed E-state index contributed by atoms with van der Waals surface area (Å²) >= 11 is 0. The highest BCUT2D eigenvalue weighted by Gasteiger charge is 2.30. The Morgan fingerprint density at radius 2 is 1.71 bits per heavy atom. The van der Waals surface area contributed by atoms with Crippen LogP contribution in [0.2, 0.25) is 0 Å². The van der Waals surface area contributed by atoms with Gasteiger partial charge in [-0.15, -0.1) is 0 Å². The van der Waals surface area contributed by atoms with E-state index in [4.69, 9.17) is 4.74 Å². The van der Waals surface area contributed by atoms with E-state index in [-0.39, 0.29) is 0 Å². The summed E-state index contributed by atoms with van der Waals surface area (Å²) < 4.78 is 6.07. The van der Waals surface area contributed by atoms with Crippen LogP contribution >= 0.6 is 0 Å². The molecule has 0 aromatic rings. The Hall–Kier alpha value is -0.120. The molecule has 0 radical (unpaired) electrons. The first-order valence-corrected chi connectivity index (χ1v) is 9.42. The van der Waals surface area contributed by atoms with E-state index in [1.807, 2.05) is 0 Å². The monoisotopic (exact) mass is 294 g/mol. The van der Waals surface area contributed by atoms with Crippen molar-refractivity contribution in [1.29, 1.82) is 0 Å². The molecule has 0 aromatic carbocycles. The molecule has 21 heavy (non-hydrogen) atoms. The lowest BCUT2D eigenvalue weighted by Crippen LogP contribution is -2.58. The van der Waals surface area contributed by atoms with Crippen molar-refractivity contribution >= 4 is 0 Å². The highest BCUT2D eigenvalue weighted by Crippen LogP contribution is 2.28. The summed E-state index contributed by atoms with van der Waals surface area (Å²) in [4.78, 5) is 2.67. The Morgan fingerprint density at radius 3 is 2.48 bits per heavy atom. The van der Waals surface area contributed by atoms with Gasteiger partial charge in [-0.05, 0) is 38.5 Å². The van der Waals surface area contributed by atoms with Gasteiger partial charge in [-0.1, -0.05) is 32.1 Å². The van der Waals surface area contributed by atoms with Crippen molar-refractivity contribution in [3.8, 4) is 0 Å². The minimum absolute atomic E-state index is 0.567. The van der Waals surface area contributed by atoms with Crippen LogP contribution in [0.5, 0.6) is 0 Å². The summed E-state index contributed by atoms with van der Waals surface area (Å²) in [5.41, 5.74) is 0. The van der Waals surface area contributed by atoms with Crippen molar-refractivity contribution in [3.05, 3.63) is 0 Å². The van der Waals surface area contributed by atoms with Crippen molar-refractivity contribution in [2.24, 2.45) is 5.92 Å². The first kappa shape index (κ1) is 15.8. The van der Waals surface area contributed by atoms with Crippen molar-refractivity contribution in [1.82, 2.24) is 10.2 Å². The Morgan fingerprint density at radius 1 is 1.00 bits per heavy atom. The number of hydrogen-bond acceptors (Lipinski definition) is 3. The predicted octanol–water partition coefficient (Wildman–Crippen LogP) is 3.19. The van der Waals surface area contributed by atoms with Crippen LogP contribution in [-0.4, -0.2) is 49.3 Å². The normalized spacial score (nSPS) is 33.6. The Balaban J connectivity index is 1.41. The van der Waals surface area contributed by atoms with Crippen LogP contribution in [0.1, 0.15) is 64.7 Å². The highest BCUT2D eigenvalue weighted by atomic mass is 16.5. The molecule has 1 saturated heterocycles. The molecule has 0 bridgehead atoms. The van der Waals surface area contributed by atoms with Crippen molar-refractivity contribution < 1.29 is 4.74 Å². The van der Waals surface area contributed by atoms with Gasteiger partial charge >= 0.3 is 0 Å². The van der Waals surface area contributed by atoms with Gasteiger partial charge in [-0.3, -0.25) is 4.90 Å². The average Bonchev–Trinajstić information content (AvgIpc) is 3.03. The van der Waals surface area contributed by atoms with Crippen LogP contribution in [0.25, 0.3) is 0 Å². The second-order valence-corrected chi connectivity index (χ2v) is 7.53. The molecule has 0 amide bonds. The van der Waals surface area contributed by atoms with E-state index in [9.17, 15) is 0 Å². The van der Waals surface area contributed by atoms with Crippen molar-refractivity contribution in [2.45, 2.75) is 82.9 Å². The Bertz CT molecular complexity index is 298. The molecule has 3 rings (SSSR count). The summed E-state index contributed by atoms with van der Waals surface area (Å²) in [6.07, 6.45) is 13.1. The van der Waals surface area contributed by atoms with Crippen molar-refractivity contribution in [2.75, 3.05) is 26.2 Å². The topological polar surface area (TPSA) is 24.5 Å². The molecule has 1 aliphatic heterocycles. The average molecular weight is 294 g/mol. The molecule has 2 aliphatic carbocycles. The van der Waals surface area contributed by atoms with Crippen LogP contribution in [0.3, 0.4) is 0 Å². The maximum atomic E-state index is 6.07. The predicted molar refractivity (Wildman–Crippen MR) is 87.6 cm³/mol. The van der Waals surface area contributed by atoms with E-state index >= 15 is 0 Å². The summed E-state index contributed by atoms with van der Waals surface area (Å²) in [5.74, 6) is 0.921. The minimum atomic E-state index is 0.567. The lowest BCUT2D eigenvalue weighted by molar-refractivity contribution is 0.0210. The number of rotatable bonds is 5. The lowest BCUT2D eigenvalue weighted by Gasteiger charge is -2.43. The molecule has 3 aliphatic rings. The molecule has 1 heterocycles. The Kier molecular flexibility index (Phi) is 5.96. The fourth-order valence-corrected chi connectivity index (χ4v) is 4.50. The molecule has 1 N–H and O–H groups in total. The number of nitrogens with zero attached hydrogens (tertiary/aromatic N) is 1. The maximum absolute atomic E-state index is 6.07. The smallest absolute Gasteiger partial charge is 0.0597 e. The largest absolute Gasteiger partial charge is 0.377 e. The summed E-state index contributed by atoms with van der Waals surface area (Å²) in [6, 6.07) is 1.39. The van der Waals surface area contributed by atoms with Gasteiger partial charge in [0, 0.05) is 31.7 Å². The molecule has 3 nitrogen and oxygen atoms in total. The van der Waals surface area contributed by atoms with Crippen molar-refractivity contribution in [3.63, 3.8) is 0 Å². The van der Waals surface area contributed by atoms with E-state index in [2.05, 4.69) is 17.1 Å². The van der Waals surface area contributed by atoms with E-state index in [0.717, 1.165) is 31.7 Å². The van der Waals surface area contributed by atoms with Gasteiger partial charge in [0.1, 0.15) is 0 Å². The molecule has 3 fully saturated rings. The van der Waals surface area contributed by atoms with Crippen LogP contribution in [0.15, 0.2) is 0 Å². The van der Waals surface area contributed by atoms with E-state index in [1.165, 1.54) is 64.3 Å². The van der Waals surface area contributed by atoms with Crippen LogP contribution in [-0.2, 0) is 4.74 Å². The molecular weight excluding hydrogens is 260 g/mol. The van der Waals surface area contributed by atoms with Gasteiger partial charge in [0.2, 0.25) is 0 Å². The Labute approximate surface area is 130 Å². The molecule has 2 atom stereocenters. The molecule has 2 saturated carbocycles. The van der Waals surface area contributed by atoms with Gasteiger partial charge in [0.15, 0.2) is 0 Å². The molecular formula is C18H34N2O. The maximum Gasteiger partial charge on any atom is 0.0597 e. The van der Waals surface area contributed by atoms with E-state index in [1.54, 1.807) is 0 Å². The first-order valence-electron chi connectivity index (χ1n) is 9.42. The van der Waals surface area contributed by atoms with Gasteiger partial charge in [0.05, 0.1) is 12.7 Å². The van der Waals surface area contributed by atoms with Crippen LogP contribution in [0, 0.1) is 5.92 Å². The lowest BCUT2D eigenvalue weighted by atomic mass is 9.82. The van der Waals surface area contributed by atoms with Gasteiger partial charge in [-0.25, -0.2) is 0 Å². The SMILES string of the molecule is CC1CNC(C2CCCCC2)CN1CCOC1CCCC1. The number of piperazine rings is 1. The number of ether oxygens (including phenoxy) is 1. The fourth-order valence-electron chi connectivity index (χ4n) is 4.50. The quantitative estimate of drug-likeness (QED) is 0.843. The zero-order valence-corrected chi connectivity index (χ0v) is 13.9. The summed E-state index contributed by atoms with van der Waals surface area (Å²) in [5, 5.41) is 3.82. The zero-order chi connectivity index (χ0) is 14.5. The third-order valence-electron chi connectivity index (χ3n) is 5.98. The second-order valence-electron chi connectivity index (χ2n) is 7.53. The summed E-state index contributed by atoms with van der Waals surface area (Å²) in [6.45, 7) is 6.82. The zero-order valence-electron chi connectivity index (χ0n) is 13.9. The van der Waals surface area contributed by atoms with Gasteiger partial charge < -0.3 is 10.1 Å². The molecule has 3 heteroatoms. The molecule has 122 valence electrons. The van der Waals surface area contributed by atoms with Gasteiger partial charge in [-0.2, -0.15) is 0 Å². The molecule has 0 spiro atoms. The standard InChI is InChI=1S/C18H34N2O/c1-15-13-19-18(16-7-3-2-4-8-16)14-20(15)11-12-21-17-9-5-6-10-17/h15-19H,2-14H2,1H3. The number of hydrogen-bond donors (Lipinski definition) is 1. The minimum Gasteiger partial charge on any atom is -0.377 e. The second kappa shape index (κ2) is 7.94.